The van der Waals surface area contributed by atoms with E-state index in [2.05, 4.69) is 0 Å². The molecule has 10 heteroatoms. The zero-order valence-corrected chi connectivity index (χ0v) is 8.99. The number of rotatable bonds is 1. The smallest absolute Gasteiger partial charge is 0.282 e. The molecule has 0 unspecified atom stereocenters. The number of alkyl halides is 6. The second-order valence-corrected chi connectivity index (χ2v) is 4.60. The van der Waals surface area contributed by atoms with Crippen molar-refractivity contribution in [1.82, 2.24) is 0 Å². The summed E-state index contributed by atoms with van der Waals surface area (Å²) in [5, 5.41) is 0. The Morgan fingerprint density at radius 3 is 1.67 bits per heavy atom. The van der Waals surface area contributed by atoms with Crippen LogP contribution in [0.25, 0.3) is 0 Å². The molecular weight excluding hydrogens is 290 g/mol. The van der Waals surface area contributed by atoms with Gasteiger partial charge in [0, 0.05) is 0 Å². The van der Waals surface area contributed by atoms with Crippen LogP contribution >= 0.6 is 0 Å². The topological polar surface area (TPSA) is 54.4 Å². The van der Waals surface area contributed by atoms with Crippen molar-refractivity contribution in [2.24, 2.45) is 0 Å². The lowest BCUT2D eigenvalue weighted by Gasteiger charge is -2.15. The molecule has 0 amide bonds. The molecule has 18 heavy (non-hydrogen) atoms. The van der Waals surface area contributed by atoms with Gasteiger partial charge in [0.25, 0.3) is 10.1 Å². The average Bonchev–Trinajstić information content (AvgIpc) is 2.12. The lowest BCUT2D eigenvalue weighted by molar-refractivity contribution is -0.162. The molecule has 3 nitrogen and oxygen atoms in total. The van der Waals surface area contributed by atoms with Crippen molar-refractivity contribution in [3.8, 4) is 0 Å². The monoisotopic (exact) mass is 294 g/mol. The van der Waals surface area contributed by atoms with Gasteiger partial charge in [0.05, 0.1) is 16.0 Å². The second kappa shape index (κ2) is 4.12. The molecule has 0 aliphatic carbocycles. The number of halogens is 6. The van der Waals surface area contributed by atoms with Crippen LogP contribution in [0.2, 0.25) is 0 Å². The van der Waals surface area contributed by atoms with Crippen molar-refractivity contribution in [3.05, 3.63) is 29.3 Å². The molecule has 1 aromatic rings. The maximum Gasteiger partial charge on any atom is 0.417 e. The third-order valence-corrected chi connectivity index (χ3v) is 2.75. The number of hydrogen-bond acceptors (Lipinski definition) is 2. The molecule has 0 radical (unpaired) electrons. The van der Waals surface area contributed by atoms with Crippen LogP contribution in [-0.4, -0.2) is 13.0 Å². The second-order valence-electron chi connectivity index (χ2n) is 3.18. The summed E-state index contributed by atoms with van der Waals surface area (Å²) in [5.41, 5.74) is -4.20. The van der Waals surface area contributed by atoms with Crippen molar-refractivity contribution in [3.63, 3.8) is 0 Å². The Bertz CT molecular complexity index is 557. The van der Waals surface area contributed by atoms with Gasteiger partial charge in [-0.2, -0.15) is 34.8 Å². The van der Waals surface area contributed by atoms with Crippen molar-refractivity contribution < 1.29 is 39.3 Å². The minimum Gasteiger partial charge on any atom is -0.282 e. The van der Waals surface area contributed by atoms with E-state index in [4.69, 9.17) is 4.55 Å². The van der Waals surface area contributed by atoms with Crippen LogP contribution in [0.4, 0.5) is 26.3 Å². The van der Waals surface area contributed by atoms with E-state index in [1.54, 1.807) is 0 Å². The summed E-state index contributed by atoms with van der Waals surface area (Å²) < 4.78 is 104. The molecule has 0 atom stereocenters. The molecule has 0 saturated carbocycles. The van der Waals surface area contributed by atoms with Gasteiger partial charge in [-0.1, -0.05) is 0 Å². The highest BCUT2D eigenvalue weighted by molar-refractivity contribution is 7.85. The summed E-state index contributed by atoms with van der Waals surface area (Å²) in [6.45, 7) is 0. The summed E-state index contributed by atoms with van der Waals surface area (Å²) >= 11 is 0. The molecule has 1 rings (SSSR count). The van der Waals surface area contributed by atoms with Crippen molar-refractivity contribution in [2.45, 2.75) is 17.2 Å². The van der Waals surface area contributed by atoms with Gasteiger partial charge in [-0.15, -0.1) is 0 Å². The lowest BCUT2D eigenvalue weighted by atomic mass is 10.1. The Kier molecular flexibility index (Phi) is 3.38. The molecule has 0 heterocycles. The van der Waals surface area contributed by atoms with Crippen LogP contribution in [0, 0.1) is 0 Å². The Hall–Kier alpha value is -1.29. The molecule has 1 aromatic carbocycles. The summed E-state index contributed by atoms with van der Waals surface area (Å²) in [4.78, 5) is -1.26. The van der Waals surface area contributed by atoms with Crippen molar-refractivity contribution >= 4 is 10.1 Å². The first kappa shape index (κ1) is 14.8. The first-order valence-corrected chi connectivity index (χ1v) is 5.53. The van der Waals surface area contributed by atoms with E-state index >= 15 is 0 Å². The van der Waals surface area contributed by atoms with Gasteiger partial charge in [0.1, 0.15) is 0 Å². The molecule has 0 aliphatic rings. The summed E-state index contributed by atoms with van der Waals surface area (Å²) in [7, 11) is -5.02. The average molecular weight is 294 g/mol. The molecule has 0 saturated heterocycles. The molecule has 0 aromatic heterocycles. The molecule has 0 aliphatic heterocycles. The summed E-state index contributed by atoms with van der Waals surface area (Å²) in [6, 6.07) is -0.0719. The lowest BCUT2D eigenvalue weighted by Crippen LogP contribution is -2.17. The van der Waals surface area contributed by atoms with Gasteiger partial charge in [0.15, 0.2) is 0 Å². The molecule has 0 bridgehead atoms. The predicted molar refractivity (Wildman–Crippen MR) is 46.3 cm³/mol. The zero-order valence-electron chi connectivity index (χ0n) is 8.17. The van der Waals surface area contributed by atoms with Crippen LogP contribution in [-0.2, 0) is 22.5 Å². The molecule has 0 fully saturated rings. The van der Waals surface area contributed by atoms with Crippen LogP contribution in [0.15, 0.2) is 23.1 Å². The Balaban J connectivity index is 3.60. The third-order valence-electron chi connectivity index (χ3n) is 1.90. The van der Waals surface area contributed by atoms with E-state index in [-0.39, 0.29) is 18.2 Å². The van der Waals surface area contributed by atoms with E-state index in [9.17, 15) is 34.8 Å². The van der Waals surface area contributed by atoms with Crippen LogP contribution in [0.1, 0.15) is 11.1 Å². The highest BCUT2D eigenvalue weighted by atomic mass is 32.2. The molecule has 0 spiro atoms. The quantitative estimate of drug-likeness (QED) is 0.640. The standard InChI is InChI=1S/C8H4F6O3S/c9-7(10,11)5-2-1-4(18(15,16)17)3-6(5)8(12,13)14/h1-3H,(H,15,16,17). The first-order valence-electron chi connectivity index (χ1n) is 4.09. The number of hydrogen-bond donors (Lipinski definition) is 1. The highest BCUT2D eigenvalue weighted by Crippen LogP contribution is 2.41. The predicted octanol–water partition coefficient (Wildman–Crippen LogP) is 2.97. The van der Waals surface area contributed by atoms with E-state index in [1.807, 2.05) is 0 Å². The van der Waals surface area contributed by atoms with Gasteiger partial charge in [0.2, 0.25) is 0 Å². The third kappa shape index (κ3) is 3.13. The fraction of sp³-hybridized carbons (Fsp3) is 0.250. The van der Waals surface area contributed by atoms with Gasteiger partial charge in [-0.25, -0.2) is 0 Å². The summed E-state index contributed by atoms with van der Waals surface area (Å²) in [5.74, 6) is 0. The maximum atomic E-state index is 12.4. The summed E-state index contributed by atoms with van der Waals surface area (Å²) in [6.07, 6.45) is -10.7. The van der Waals surface area contributed by atoms with Crippen LogP contribution in [0.5, 0.6) is 0 Å². The van der Waals surface area contributed by atoms with Gasteiger partial charge in [-0.05, 0) is 18.2 Å². The minimum absolute atomic E-state index is 0.0497. The normalized spacial score (nSPS) is 13.7. The minimum atomic E-state index is -5.40. The SMILES string of the molecule is O=S(=O)(O)c1ccc(C(F)(F)F)c(C(F)(F)F)c1. The van der Waals surface area contributed by atoms with E-state index in [0.29, 0.717) is 0 Å². The fourth-order valence-electron chi connectivity index (χ4n) is 1.17. The number of benzene rings is 1. The van der Waals surface area contributed by atoms with Crippen LogP contribution < -0.4 is 0 Å². The molecule has 1 N–H and O–H groups in total. The van der Waals surface area contributed by atoms with Crippen molar-refractivity contribution in [2.75, 3.05) is 0 Å². The van der Waals surface area contributed by atoms with E-state index in [0.717, 1.165) is 0 Å². The van der Waals surface area contributed by atoms with E-state index < -0.39 is 38.5 Å². The van der Waals surface area contributed by atoms with Crippen molar-refractivity contribution in [1.29, 1.82) is 0 Å². The van der Waals surface area contributed by atoms with Gasteiger partial charge in [-0.3, -0.25) is 4.55 Å². The Morgan fingerprint density at radius 2 is 1.33 bits per heavy atom. The highest BCUT2D eigenvalue weighted by Gasteiger charge is 2.43. The van der Waals surface area contributed by atoms with Crippen LogP contribution in [0.3, 0.4) is 0 Å². The molecule has 102 valence electrons. The first-order chi connectivity index (χ1) is 7.83. The largest absolute Gasteiger partial charge is 0.417 e. The van der Waals surface area contributed by atoms with Gasteiger partial charge >= 0.3 is 12.4 Å². The van der Waals surface area contributed by atoms with Gasteiger partial charge < -0.3 is 0 Å². The Morgan fingerprint density at radius 1 is 0.889 bits per heavy atom. The van der Waals surface area contributed by atoms with E-state index in [1.165, 1.54) is 0 Å². The maximum absolute atomic E-state index is 12.4. The Labute approximate surface area is 96.8 Å². The fourth-order valence-corrected chi connectivity index (χ4v) is 1.67. The molecular formula is C8H4F6O3S. The zero-order chi connectivity index (χ0) is 14.4.